The van der Waals surface area contributed by atoms with Crippen LogP contribution in [0.3, 0.4) is 0 Å². The second-order valence-electron chi connectivity index (χ2n) is 5.57. The average molecular weight is 306 g/mol. The van der Waals surface area contributed by atoms with Crippen molar-refractivity contribution in [2.45, 2.75) is 32.2 Å². The van der Waals surface area contributed by atoms with Crippen LogP contribution in [-0.2, 0) is 24.3 Å². The molecular formula is C12H22N2O5S. The molecule has 0 aromatic rings. The number of amides is 1. The van der Waals surface area contributed by atoms with Crippen LogP contribution in [0.1, 0.15) is 26.7 Å². The molecule has 1 heterocycles. The summed E-state index contributed by atoms with van der Waals surface area (Å²) in [6.45, 7) is 3.69. The van der Waals surface area contributed by atoms with Gasteiger partial charge in [0.15, 0.2) is 0 Å². The lowest BCUT2D eigenvalue weighted by atomic mass is 9.96. The Bertz CT molecular complexity index is 486. The molecule has 0 aromatic heterocycles. The predicted molar refractivity (Wildman–Crippen MR) is 73.4 cm³/mol. The molecule has 1 aliphatic heterocycles. The quantitative estimate of drug-likeness (QED) is 0.722. The Morgan fingerprint density at radius 3 is 2.45 bits per heavy atom. The monoisotopic (exact) mass is 306 g/mol. The largest absolute Gasteiger partial charge is 0.467 e. The highest BCUT2D eigenvalue weighted by atomic mass is 32.2. The first-order valence-corrected chi connectivity index (χ1v) is 8.28. The van der Waals surface area contributed by atoms with Gasteiger partial charge >= 0.3 is 5.97 Å². The molecule has 1 rings (SSSR count). The molecule has 1 atom stereocenters. The number of piperidine rings is 1. The van der Waals surface area contributed by atoms with Crippen molar-refractivity contribution < 1.29 is 22.7 Å². The maximum Gasteiger partial charge on any atom is 0.330 e. The summed E-state index contributed by atoms with van der Waals surface area (Å²) in [6.07, 6.45) is 2.37. The number of rotatable bonds is 4. The second kappa shape index (κ2) is 6.09. The van der Waals surface area contributed by atoms with Crippen molar-refractivity contribution in [3.05, 3.63) is 0 Å². The highest BCUT2D eigenvalue weighted by Gasteiger charge is 2.35. The van der Waals surface area contributed by atoms with Gasteiger partial charge in [0.05, 0.1) is 19.3 Å². The third-order valence-electron chi connectivity index (χ3n) is 3.36. The van der Waals surface area contributed by atoms with Crippen LogP contribution in [0.15, 0.2) is 0 Å². The number of sulfonamides is 1. The van der Waals surface area contributed by atoms with Crippen LogP contribution in [0.4, 0.5) is 0 Å². The van der Waals surface area contributed by atoms with Gasteiger partial charge in [-0.15, -0.1) is 0 Å². The molecule has 0 aromatic carbocycles. The first kappa shape index (κ1) is 16.9. The Hall–Kier alpha value is -1.15. The number of hydrogen-bond donors (Lipinski definition) is 1. The van der Waals surface area contributed by atoms with E-state index in [2.05, 4.69) is 10.1 Å². The molecule has 7 nitrogen and oxygen atoms in total. The number of ether oxygens (including phenoxy) is 1. The summed E-state index contributed by atoms with van der Waals surface area (Å²) in [5.74, 6) is -1.31. The van der Waals surface area contributed by atoms with Gasteiger partial charge in [-0.1, -0.05) is 0 Å². The topological polar surface area (TPSA) is 92.8 Å². The molecule has 20 heavy (non-hydrogen) atoms. The van der Waals surface area contributed by atoms with Crippen LogP contribution in [0.5, 0.6) is 0 Å². The van der Waals surface area contributed by atoms with Crippen molar-refractivity contribution in [3.63, 3.8) is 0 Å². The van der Waals surface area contributed by atoms with Gasteiger partial charge in [-0.25, -0.2) is 17.5 Å². The SMILES string of the molecule is COC(=O)C(C)(C)NC(=O)C1CCCN(S(C)(=O)=O)C1. The Labute approximate surface area is 119 Å². The smallest absolute Gasteiger partial charge is 0.330 e. The molecule has 0 saturated carbocycles. The van der Waals surface area contributed by atoms with Crippen molar-refractivity contribution >= 4 is 21.9 Å². The van der Waals surface area contributed by atoms with Crippen molar-refractivity contribution in [3.8, 4) is 0 Å². The molecular weight excluding hydrogens is 284 g/mol. The van der Waals surface area contributed by atoms with Crippen molar-refractivity contribution in [1.29, 1.82) is 0 Å². The molecule has 1 N–H and O–H groups in total. The normalized spacial score (nSPS) is 21.3. The van der Waals surface area contributed by atoms with Crippen molar-refractivity contribution in [2.75, 3.05) is 26.5 Å². The van der Waals surface area contributed by atoms with Crippen LogP contribution in [0.2, 0.25) is 0 Å². The maximum absolute atomic E-state index is 12.2. The summed E-state index contributed by atoms with van der Waals surface area (Å²) < 4.78 is 28.9. The van der Waals surface area contributed by atoms with E-state index < -0.39 is 27.4 Å². The molecule has 8 heteroatoms. The maximum atomic E-state index is 12.2. The molecule has 1 amide bonds. The highest BCUT2D eigenvalue weighted by Crippen LogP contribution is 2.20. The van der Waals surface area contributed by atoms with E-state index in [-0.39, 0.29) is 12.5 Å². The van der Waals surface area contributed by atoms with E-state index in [0.717, 1.165) is 6.26 Å². The number of nitrogens with zero attached hydrogens (tertiary/aromatic N) is 1. The lowest BCUT2D eigenvalue weighted by Crippen LogP contribution is -2.54. The van der Waals surface area contributed by atoms with Gasteiger partial charge in [0.1, 0.15) is 5.54 Å². The number of methoxy groups -OCH3 is 1. The van der Waals surface area contributed by atoms with E-state index in [4.69, 9.17) is 0 Å². The van der Waals surface area contributed by atoms with E-state index in [0.29, 0.717) is 19.4 Å². The van der Waals surface area contributed by atoms with Gasteiger partial charge in [-0.05, 0) is 26.7 Å². The van der Waals surface area contributed by atoms with E-state index in [1.807, 2.05) is 0 Å². The highest BCUT2D eigenvalue weighted by molar-refractivity contribution is 7.88. The molecule has 1 saturated heterocycles. The summed E-state index contributed by atoms with van der Waals surface area (Å²) in [5.41, 5.74) is -1.13. The second-order valence-corrected chi connectivity index (χ2v) is 7.55. The molecule has 116 valence electrons. The molecule has 1 fully saturated rings. The number of carbonyl (C=O) groups is 2. The van der Waals surface area contributed by atoms with Crippen LogP contribution in [-0.4, -0.2) is 56.6 Å². The fourth-order valence-corrected chi connectivity index (χ4v) is 3.09. The first-order chi connectivity index (χ1) is 9.08. The fraction of sp³-hybridized carbons (Fsp3) is 0.833. The van der Waals surface area contributed by atoms with Gasteiger partial charge in [-0.2, -0.15) is 0 Å². The lowest BCUT2D eigenvalue weighted by molar-refractivity contribution is -0.150. The number of nitrogens with one attached hydrogen (secondary N) is 1. The minimum Gasteiger partial charge on any atom is -0.467 e. The van der Waals surface area contributed by atoms with Gasteiger partial charge < -0.3 is 10.1 Å². The third kappa shape index (κ3) is 4.17. The van der Waals surface area contributed by atoms with Crippen LogP contribution in [0.25, 0.3) is 0 Å². The lowest BCUT2D eigenvalue weighted by Gasteiger charge is -2.32. The first-order valence-electron chi connectivity index (χ1n) is 6.43. The summed E-state index contributed by atoms with van der Waals surface area (Å²) in [7, 11) is -2.04. The fourth-order valence-electron chi connectivity index (χ4n) is 2.17. The van der Waals surface area contributed by atoms with Gasteiger partial charge in [-0.3, -0.25) is 4.79 Å². The molecule has 0 bridgehead atoms. The predicted octanol–water partition coefficient (Wildman–Crippen LogP) is -0.274. The van der Waals surface area contributed by atoms with Crippen LogP contribution in [0, 0.1) is 5.92 Å². The zero-order valence-electron chi connectivity index (χ0n) is 12.3. The molecule has 0 radical (unpaired) electrons. The third-order valence-corrected chi connectivity index (χ3v) is 4.63. The minimum absolute atomic E-state index is 0.155. The standard InChI is InChI=1S/C12H22N2O5S/c1-12(2,11(16)19-3)13-10(15)9-6-5-7-14(8-9)20(4,17)18/h9H,5-8H2,1-4H3,(H,13,15). The Morgan fingerprint density at radius 1 is 1.35 bits per heavy atom. The number of hydrogen-bond acceptors (Lipinski definition) is 5. The van der Waals surface area contributed by atoms with E-state index in [1.165, 1.54) is 11.4 Å². The Balaban J connectivity index is 2.71. The molecule has 1 unspecified atom stereocenters. The van der Waals surface area contributed by atoms with E-state index in [9.17, 15) is 18.0 Å². The van der Waals surface area contributed by atoms with Gasteiger partial charge in [0, 0.05) is 13.1 Å². The zero-order valence-corrected chi connectivity index (χ0v) is 13.1. The van der Waals surface area contributed by atoms with Crippen molar-refractivity contribution in [1.82, 2.24) is 9.62 Å². The van der Waals surface area contributed by atoms with E-state index >= 15 is 0 Å². The van der Waals surface area contributed by atoms with Crippen LogP contribution < -0.4 is 5.32 Å². The summed E-state index contributed by atoms with van der Waals surface area (Å²) >= 11 is 0. The zero-order chi connectivity index (χ0) is 15.6. The van der Waals surface area contributed by atoms with Gasteiger partial charge in [0.25, 0.3) is 0 Å². The average Bonchev–Trinajstić information content (AvgIpc) is 2.36. The summed E-state index contributed by atoms with van der Waals surface area (Å²) in [5, 5.41) is 2.61. The van der Waals surface area contributed by atoms with Crippen molar-refractivity contribution in [2.24, 2.45) is 5.92 Å². The Morgan fingerprint density at radius 2 is 1.95 bits per heavy atom. The molecule has 0 spiro atoms. The summed E-state index contributed by atoms with van der Waals surface area (Å²) in [4.78, 5) is 23.7. The molecule has 1 aliphatic rings. The summed E-state index contributed by atoms with van der Waals surface area (Å²) in [6, 6.07) is 0. The number of esters is 1. The van der Waals surface area contributed by atoms with E-state index in [1.54, 1.807) is 13.8 Å². The number of carbonyl (C=O) groups excluding carboxylic acids is 2. The van der Waals surface area contributed by atoms with Gasteiger partial charge in [0.2, 0.25) is 15.9 Å². The van der Waals surface area contributed by atoms with Crippen LogP contribution >= 0.6 is 0 Å². The minimum atomic E-state index is -3.30. The Kier molecular flexibility index (Phi) is 5.15. The molecule has 0 aliphatic carbocycles.